The van der Waals surface area contributed by atoms with Crippen LogP contribution in [0.3, 0.4) is 0 Å². The standard InChI is InChI=1S/C19H27N5S/c1-4-20-19(21-14-18-22-15(2)16(3)25-18)24-12-10-23(11-13-24)17-8-6-5-7-9-17/h5-9H,4,10-14H2,1-3H3,(H,20,21). The third kappa shape index (κ3) is 4.51. The molecule has 0 atom stereocenters. The summed E-state index contributed by atoms with van der Waals surface area (Å²) in [6.45, 7) is 11.8. The molecule has 3 rings (SSSR count). The summed E-state index contributed by atoms with van der Waals surface area (Å²) in [4.78, 5) is 15.5. The van der Waals surface area contributed by atoms with Crippen LogP contribution in [0.1, 0.15) is 22.5 Å². The lowest BCUT2D eigenvalue weighted by atomic mass is 10.2. The number of nitrogens with zero attached hydrogens (tertiary/aromatic N) is 4. The van der Waals surface area contributed by atoms with Gasteiger partial charge in [0.25, 0.3) is 0 Å². The van der Waals surface area contributed by atoms with Crippen molar-refractivity contribution in [1.82, 2.24) is 15.2 Å². The highest BCUT2D eigenvalue weighted by Gasteiger charge is 2.19. The van der Waals surface area contributed by atoms with Crippen molar-refractivity contribution < 1.29 is 0 Å². The number of benzene rings is 1. The molecule has 1 aromatic heterocycles. The van der Waals surface area contributed by atoms with Crippen LogP contribution in [-0.4, -0.2) is 48.6 Å². The molecule has 1 fully saturated rings. The van der Waals surface area contributed by atoms with E-state index < -0.39 is 0 Å². The Morgan fingerprint density at radius 1 is 1.16 bits per heavy atom. The molecule has 25 heavy (non-hydrogen) atoms. The number of hydrogen-bond acceptors (Lipinski definition) is 4. The van der Waals surface area contributed by atoms with Crippen LogP contribution in [0.25, 0.3) is 0 Å². The number of aromatic nitrogens is 1. The van der Waals surface area contributed by atoms with Gasteiger partial charge in [0, 0.05) is 43.3 Å². The van der Waals surface area contributed by atoms with Crippen molar-refractivity contribution in [2.45, 2.75) is 27.3 Å². The highest BCUT2D eigenvalue weighted by atomic mass is 32.1. The van der Waals surface area contributed by atoms with Gasteiger partial charge in [0.15, 0.2) is 5.96 Å². The van der Waals surface area contributed by atoms with E-state index in [-0.39, 0.29) is 0 Å². The molecule has 0 amide bonds. The molecule has 2 heterocycles. The second kappa shape index (κ2) is 8.34. The summed E-state index contributed by atoms with van der Waals surface area (Å²) in [7, 11) is 0. The van der Waals surface area contributed by atoms with Crippen LogP contribution >= 0.6 is 11.3 Å². The van der Waals surface area contributed by atoms with E-state index in [1.807, 2.05) is 0 Å². The number of thiazole rings is 1. The Hall–Kier alpha value is -2.08. The quantitative estimate of drug-likeness (QED) is 0.675. The van der Waals surface area contributed by atoms with Gasteiger partial charge in [-0.25, -0.2) is 9.98 Å². The average Bonchev–Trinajstić information content (AvgIpc) is 2.97. The van der Waals surface area contributed by atoms with Crippen LogP contribution in [0.15, 0.2) is 35.3 Å². The Bertz CT molecular complexity index is 682. The molecule has 1 aliphatic rings. The molecule has 2 aromatic rings. The minimum absolute atomic E-state index is 0.653. The van der Waals surface area contributed by atoms with Gasteiger partial charge in [-0.1, -0.05) is 18.2 Å². The Kier molecular flexibility index (Phi) is 5.91. The molecule has 1 N–H and O–H groups in total. The number of piperazine rings is 1. The Morgan fingerprint density at radius 2 is 1.88 bits per heavy atom. The zero-order chi connectivity index (χ0) is 17.6. The molecule has 1 aromatic carbocycles. The first-order valence-electron chi connectivity index (χ1n) is 8.93. The van der Waals surface area contributed by atoms with Crippen molar-refractivity contribution in [3.05, 3.63) is 45.9 Å². The van der Waals surface area contributed by atoms with Gasteiger partial charge >= 0.3 is 0 Å². The third-order valence-corrected chi connectivity index (χ3v) is 5.53. The number of hydrogen-bond donors (Lipinski definition) is 1. The number of aryl methyl sites for hydroxylation is 2. The van der Waals surface area contributed by atoms with E-state index in [1.165, 1.54) is 10.6 Å². The lowest BCUT2D eigenvalue weighted by molar-refractivity contribution is 0.372. The SMILES string of the molecule is CCNC(=NCc1nc(C)c(C)s1)N1CCN(c2ccccc2)CC1. The highest BCUT2D eigenvalue weighted by Crippen LogP contribution is 2.18. The molecule has 6 heteroatoms. The smallest absolute Gasteiger partial charge is 0.194 e. The van der Waals surface area contributed by atoms with Crippen LogP contribution in [-0.2, 0) is 6.54 Å². The molecule has 1 saturated heterocycles. The Morgan fingerprint density at radius 3 is 2.48 bits per heavy atom. The normalized spacial score (nSPS) is 15.6. The number of aliphatic imine (C=N–C) groups is 1. The number of para-hydroxylation sites is 1. The highest BCUT2D eigenvalue weighted by molar-refractivity contribution is 7.11. The topological polar surface area (TPSA) is 43.8 Å². The van der Waals surface area contributed by atoms with Crippen molar-refractivity contribution in [3.8, 4) is 0 Å². The third-order valence-electron chi connectivity index (χ3n) is 4.47. The molecule has 5 nitrogen and oxygen atoms in total. The monoisotopic (exact) mass is 357 g/mol. The van der Waals surface area contributed by atoms with Crippen LogP contribution in [0.5, 0.6) is 0 Å². The average molecular weight is 358 g/mol. The largest absolute Gasteiger partial charge is 0.368 e. The summed E-state index contributed by atoms with van der Waals surface area (Å²) < 4.78 is 0. The summed E-state index contributed by atoms with van der Waals surface area (Å²) in [5.41, 5.74) is 2.43. The molecule has 0 radical (unpaired) electrons. The molecule has 0 saturated carbocycles. The number of nitrogens with one attached hydrogen (secondary N) is 1. The van der Waals surface area contributed by atoms with E-state index in [0.717, 1.165) is 49.4 Å². The van der Waals surface area contributed by atoms with E-state index >= 15 is 0 Å². The van der Waals surface area contributed by atoms with Crippen LogP contribution in [0.2, 0.25) is 0 Å². The van der Waals surface area contributed by atoms with Gasteiger partial charge in [-0.15, -0.1) is 11.3 Å². The molecule has 0 spiro atoms. The lowest BCUT2D eigenvalue weighted by Gasteiger charge is -2.37. The fourth-order valence-electron chi connectivity index (χ4n) is 2.99. The number of guanidine groups is 1. The van der Waals surface area contributed by atoms with Gasteiger partial charge in [0.2, 0.25) is 0 Å². The predicted octanol–water partition coefficient (Wildman–Crippen LogP) is 3.05. The maximum atomic E-state index is 4.82. The van der Waals surface area contributed by atoms with Gasteiger partial charge in [-0.3, -0.25) is 0 Å². The van der Waals surface area contributed by atoms with Crippen LogP contribution in [0, 0.1) is 13.8 Å². The first-order valence-corrected chi connectivity index (χ1v) is 9.75. The summed E-state index contributed by atoms with van der Waals surface area (Å²) in [6, 6.07) is 10.6. The Balaban J connectivity index is 1.62. The molecular weight excluding hydrogens is 330 g/mol. The molecule has 0 aliphatic carbocycles. The van der Waals surface area contributed by atoms with Gasteiger partial charge in [-0.05, 0) is 32.9 Å². The minimum Gasteiger partial charge on any atom is -0.368 e. The van der Waals surface area contributed by atoms with Crippen molar-refractivity contribution in [3.63, 3.8) is 0 Å². The summed E-state index contributed by atoms with van der Waals surface area (Å²) in [5, 5.41) is 4.52. The second-order valence-electron chi connectivity index (χ2n) is 6.23. The molecule has 0 bridgehead atoms. The molecule has 134 valence electrons. The van der Waals surface area contributed by atoms with Crippen molar-refractivity contribution >= 4 is 23.0 Å². The maximum Gasteiger partial charge on any atom is 0.194 e. The van der Waals surface area contributed by atoms with Crippen LogP contribution < -0.4 is 10.2 Å². The van der Waals surface area contributed by atoms with Gasteiger partial charge in [0.05, 0.1) is 12.2 Å². The lowest BCUT2D eigenvalue weighted by Crippen LogP contribution is -2.52. The first-order chi connectivity index (χ1) is 12.2. The maximum absolute atomic E-state index is 4.82. The van der Waals surface area contributed by atoms with E-state index in [0.29, 0.717) is 6.54 Å². The number of rotatable bonds is 4. The van der Waals surface area contributed by atoms with E-state index in [2.05, 4.69) is 71.2 Å². The second-order valence-corrected chi connectivity index (χ2v) is 7.52. The minimum atomic E-state index is 0.653. The van der Waals surface area contributed by atoms with Gasteiger partial charge in [-0.2, -0.15) is 0 Å². The van der Waals surface area contributed by atoms with E-state index in [4.69, 9.17) is 4.99 Å². The Labute approximate surface area is 154 Å². The first kappa shape index (κ1) is 17.7. The summed E-state index contributed by atoms with van der Waals surface area (Å²) in [5.74, 6) is 1.00. The van der Waals surface area contributed by atoms with Gasteiger partial charge < -0.3 is 15.1 Å². The predicted molar refractivity (Wildman–Crippen MR) is 107 cm³/mol. The molecule has 0 unspecified atom stereocenters. The zero-order valence-corrected chi connectivity index (χ0v) is 16.1. The summed E-state index contributed by atoms with van der Waals surface area (Å²) >= 11 is 1.75. The van der Waals surface area contributed by atoms with Gasteiger partial charge in [0.1, 0.15) is 5.01 Å². The molecule has 1 aliphatic heterocycles. The van der Waals surface area contributed by atoms with E-state index in [9.17, 15) is 0 Å². The van der Waals surface area contributed by atoms with Crippen molar-refractivity contribution in [2.75, 3.05) is 37.6 Å². The zero-order valence-electron chi connectivity index (χ0n) is 15.3. The fourth-order valence-corrected chi connectivity index (χ4v) is 3.85. The fraction of sp³-hybridized carbons (Fsp3) is 0.474. The number of anilines is 1. The van der Waals surface area contributed by atoms with Crippen molar-refractivity contribution in [1.29, 1.82) is 0 Å². The molecular formula is C19H27N5S. The summed E-state index contributed by atoms with van der Waals surface area (Å²) in [6.07, 6.45) is 0. The van der Waals surface area contributed by atoms with E-state index in [1.54, 1.807) is 11.3 Å². The van der Waals surface area contributed by atoms with Crippen LogP contribution in [0.4, 0.5) is 5.69 Å². The van der Waals surface area contributed by atoms with Crippen molar-refractivity contribution in [2.24, 2.45) is 4.99 Å².